The lowest BCUT2D eigenvalue weighted by atomic mass is 10.1. The Morgan fingerprint density at radius 1 is 0.967 bits per heavy atom. The maximum atomic E-state index is 13.2. The van der Waals surface area contributed by atoms with E-state index in [4.69, 9.17) is 11.6 Å². The molecule has 148 valence electrons. The van der Waals surface area contributed by atoms with Gasteiger partial charge in [0.2, 0.25) is 0 Å². The first-order valence-corrected chi connectivity index (χ1v) is 9.45. The van der Waals surface area contributed by atoms with Crippen molar-refractivity contribution in [1.29, 1.82) is 0 Å². The number of benzene rings is 3. The molecule has 0 saturated carbocycles. The molecule has 2 N–H and O–H groups in total. The molecule has 0 aromatic heterocycles. The fourth-order valence-corrected chi connectivity index (χ4v) is 3.15. The molecule has 0 radical (unpaired) electrons. The second kappa shape index (κ2) is 8.23. The van der Waals surface area contributed by atoms with Crippen molar-refractivity contribution in [2.24, 2.45) is 4.99 Å². The number of hydrogen-bond donors (Lipinski definition) is 2. The van der Waals surface area contributed by atoms with Crippen LogP contribution in [0.25, 0.3) is 6.08 Å². The third-order valence-corrected chi connectivity index (χ3v) is 4.75. The monoisotopic (exact) mass is 417 g/mol. The topological polar surface area (TPSA) is 82.0 Å². The fourth-order valence-electron chi connectivity index (χ4n) is 2.94. The number of phenols is 1. The van der Waals surface area contributed by atoms with Crippen molar-refractivity contribution >= 4 is 35.3 Å². The normalized spacial score (nSPS) is 15.0. The van der Waals surface area contributed by atoms with Crippen molar-refractivity contribution in [2.45, 2.75) is 0 Å². The summed E-state index contributed by atoms with van der Waals surface area (Å²) in [5.41, 5.74) is 4.31. The third kappa shape index (κ3) is 3.94. The van der Waals surface area contributed by atoms with E-state index in [9.17, 15) is 14.7 Å². The fraction of sp³-hybridized carbons (Fsp3) is 0. The summed E-state index contributed by atoms with van der Waals surface area (Å²) in [7, 11) is 0. The van der Waals surface area contributed by atoms with Gasteiger partial charge in [0, 0.05) is 5.56 Å². The number of carbonyl (C=O) groups excluding carboxylic acids is 2. The van der Waals surface area contributed by atoms with Crippen LogP contribution in [-0.2, 0) is 4.79 Å². The van der Waals surface area contributed by atoms with Crippen LogP contribution in [0.2, 0.25) is 5.02 Å². The lowest BCUT2D eigenvalue weighted by Gasteiger charge is -2.29. The average Bonchev–Trinajstić information content (AvgIpc) is 2.77. The van der Waals surface area contributed by atoms with Crippen LogP contribution < -0.4 is 5.43 Å². The molecule has 0 unspecified atom stereocenters. The molecule has 30 heavy (non-hydrogen) atoms. The minimum Gasteiger partial charge on any atom is -0.508 e. The molecule has 2 amide bonds. The molecule has 3 aromatic rings. The van der Waals surface area contributed by atoms with Crippen LogP contribution in [0.15, 0.2) is 89.6 Å². The molecule has 7 heteroatoms. The summed E-state index contributed by atoms with van der Waals surface area (Å²) in [6, 6.07) is 22.0. The van der Waals surface area contributed by atoms with Gasteiger partial charge in [0.15, 0.2) is 5.84 Å². The highest BCUT2D eigenvalue weighted by Gasteiger charge is 2.31. The molecule has 0 aliphatic carbocycles. The molecule has 0 saturated heterocycles. The maximum Gasteiger partial charge on any atom is 0.288 e. The summed E-state index contributed by atoms with van der Waals surface area (Å²) >= 11 is 6.19. The van der Waals surface area contributed by atoms with Crippen LogP contribution >= 0.6 is 11.6 Å². The van der Waals surface area contributed by atoms with E-state index >= 15 is 0 Å². The van der Waals surface area contributed by atoms with Gasteiger partial charge in [-0.25, -0.2) is 4.99 Å². The summed E-state index contributed by atoms with van der Waals surface area (Å²) in [6.45, 7) is 0. The predicted octanol–water partition coefficient (Wildman–Crippen LogP) is 4.02. The van der Waals surface area contributed by atoms with Gasteiger partial charge in [0.25, 0.3) is 11.8 Å². The quantitative estimate of drug-likeness (QED) is 0.631. The van der Waals surface area contributed by atoms with E-state index in [2.05, 4.69) is 10.4 Å². The Morgan fingerprint density at radius 2 is 1.63 bits per heavy atom. The van der Waals surface area contributed by atoms with Gasteiger partial charge in [-0.15, -0.1) is 0 Å². The number of aliphatic imine (C=N–C) groups is 1. The lowest BCUT2D eigenvalue weighted by Crippen LogP contribution is -2.53. The van der Waals surface area contributed by atoms with Crippen LogP contribution in [-0.4, -0.2) is 27.8 Å². The zero-order valence-corrected chi connectivity index (χ0v) is 16.4. The first kappa shape index (κ1) is 19.4. The van der Waals surface area contributed by atoms with E-state index in [1.54, 1.807) is 54.6 Å². The van der Waals surface area contributed by atoms with Crippen LogP contribution in [0.5, 0.6) is 5.75 Å². The standard InChI is InChI=1S/C23H16ClN3O3/c24-19-9-5-4-8-18(19)23(30)27-21(16-6-2-1-3-7-16)25-20(22(29)26-27)14-15-10-12-17(28)13-11-15/h1-14,28H,(H,26,29)/b20-14+. The Labute approximate surface area is 177 Å². The zero-order valence-electron chi connectivity index (χ0n) is 15.6. The van der Waals surface area contributed by atoms with E-state index in [-0.39, 0.29) is 27.9 Å². The molecule has 3 aromatic carbocycles. The maximum absolute atomic E-state index is 13.2. The Morgan fingerprint density at radius 3 is 2.33 bits per heavy atom. The second-order valence-corrected chi connectivity index (χ2v) is 6.89. The minimum absolute atomic E-state index is 0.121. The number of hydrogen-bond acceptors (Lipinski definition) is 4. The first-order chi connectivity index (χ1) is 14.5. The van der Waals surface area contributed by atoms with Crippen molar-refractivity contribution in [3.8, 4) is 5.75 Å². The van der Waals surface area contributed by atoms with E-state index in [0.717, 1.165) is 5.01 Å². The van der Waals surface area contributed by atoms with Crippen molar-refractivity contribution in [2.75, 3.05) is 0 Å². The molecule has 4 rings (SSSR count). The third-order valence-electron chi connectivity index (χ3n) is 4.42. The van der Waals surface area contributed by atoms with Crippen molar-refractivity contribution in [3.05, 3.63) is 106 Å². The summed E-state index contributed by atoms with van der Waals surface area (Å²) in [4.78, 5) is 30.3. The molecular formula is C23H16ClN3O3. The number of halogens is 1. The molecule has 1 heterocycles. The predicted molar refractivity (Wildman–Crippen MR) is 115 cm³/mol. The second-order valence-electron chi connectivity index (χ2n) is 6.48. The molecule has 1 aliphatic rings. The number of aromatic hydroxyl groups is 1. The van der Waals surface area contributed by atoms with Crippen LogP contribution in [0.1, 0.15) is 21.5 Å². The van der Waals surface area contributed by atoms with Gasteiger partial charge in [0.05, 0.1) is 10.6 Å². The summed E-state index contributed by atoms with van der Waals surface area (Å²) in [5, 5.41) is 10.8. The number of hydrazine groups is 1. The Hall–Kier alpha value is -3.90. The molecule has 0 spiro atoms. The molecule has 6 nitrogen and oxygen atoms in total. The summed E-state index contributed by atoms with van der Waals surface area (Å²) in [6.07, 6.45) is 1.58. The first-order valence-electron chi connectivity index (χ1n) is 9.08. The number of nitrogens with one attached hydrogen (secondary N) is 1. The van der Waals surface area contributed by atoms with Gasteiger partial charge in [-0.1, -0.05) is 66.2 Å². The van der Waals surface area contributed by atoms with Gasteiger partial charge >= 0.3 is 0 Å². The lowest BCUT2D eigenvalue weighted by molar-refractivity contribution is -0.120. The number of amides is 2. The molecule has 1 aliphatic heterocycles. The summed E-state index contributed by atoms with van der Waals surface area (Å²) in [5.74, 6) is -0.649. The van der Waals surface area contributed by atoms with Crippen molar-refractivity contribution in [1.82, 2.24) is 10.4 Å². The van der Waals surface area contributed by atoms with Gasteiger partial charge < -0.3 is 5.11 Å². The largest absolute Gasteiger partial charge is 0.508 e. The highest BCUT2D eigenvalue weighted by atomic mass is 35.5. The molecule has 0 fully saturated rings. The number of phenolic OH excluding ortho intramolecular Hbond substituents is 1. The van der Waals surface area contributed by atoms with Crippen molar-refractivity contribution in [3.63, 3.8) is 0 Å². The van der Waals surface area contributed by atoms with E-state index < -0.39 is 11.8 Å². The highest BCUT2D eigenvalue weighted by Crippen LogP contribution is 2.22. The van der Waals surface area contributed by atoms with Gasteiger partial charge in [-0.2, -0.15) is 5.01 Å². The van der Waals surface area contributed by atoms with Crippen LogP contribution in [0.4, 0.5) is 0 Å². The smallest absolute Gasteiger partial charge is 0.288 e. The SMILES string of the molecule is O=C1NN(C(=O)c2ccccc2Cl)C(c2ccccc2)=N/C1=C/c1ccc(O)cc1. The van der Waals surface area contributed by atoms with E-state index in [1.165, 1.54) is 12.1 Å². The Bertz CT molecular complexity index is 1170. The summed E-state index contributed by atoms with van der Waals surface area (Å²) < 4.78 is 0. The van der Waals surface area contributed by atoms with Gasteiger partial charge in [-0.3, -0.25) is 15.0 Å². The average molecular weight is 418 g/mol. The molecule has 0 atom stereocenters. The molecule has 0 bridgehead atoms. The highest BCUT2D eigenvalue weighted by molar-refractivity contribution is 6.34. The van der Waals surface area contributed by atoms with Crippen LogP contribution in [0, 0.1) is 0 Å². The van der Waals surface area contributed by atoms with Gasteiger partial charge in [-0.05, 0) is 35.9 Å². The molecular weight excluding hydrogens is 402 g/mol. The van der Waals surface area contributed by atoms with Crippen molar-refractivity contribution < 1.29 is 14.7 Å². The Kier molecular flexibility index (Phi) is 5.32. The number of amidine groups is 1. The van der Waals surface area contributed by atoms with Crippen LogP contribution in [0.3, 0.4) is 0 Å². The number of rotatable bonds is 3. The van der Waals surface area contributed by atoms with E-state index in [1.807, 2.05) is 18.2 Å². The van der Waals surface area contributed by atoms with Gasteiger partial charge in [0.1, 0.15) is 11.4 Å². The van der Waals surface area contributed by atoms with E-state index in [0.29, 0.717) is 11.1 Å². The minimum atomic E-state index is -0.539. The zero-order chi connectivity index (χ0) is 21.1. The number of carbonyl (C=O) groups is 2. The Balaban J connectivity index is 1.80. The number of nitrogens with zero attached hydrogens (tertiary/aromatic N) is 2.